The van der Waals surface area contributed by atoms with E-state index in [4.69, 9.17) is 14.2 Å². The van der Waals surface area contributed by atoms with E-state index in [1.54, 1.807) is 0 Å². The minimum atomic E-state index is 0.496. The van der Waals surface area contributed by atoms with Crippen molar-refractivity contribution in [1.29, 1.82) is 0 Å². The second-order valence-electron chi connectivity index (χ2n) is 7.24. The molecule has 1 N–H and O–H groups in total. The van der Waals surface area contributed by atoms with Crippen LogP contribution < -0.4 is 19.5 Å². The molecule has 3 rings (SSSR count). The number of para-hydroxylation sites is 1. The molecule has 0 spiro atoms. The molecule has 152 valence electrons. The summed E-state index contributed by atoms with van der Waals surface area (Å²) in [6.45, 7) is 6.77. The first kappa shape index (κ1) is 20.6. The van der Waals surface area contributed by atoms with Gasteiger partial charge in [0.25, 0.3) is 0 Å². The topological polar surface area (TPSA) is 39.7 Å². The van der Waals surface area contributed by atoms with Crippen LogP contribution in [0.2, 0.25) is 0 Å². The molecular formula is C25H29NO3. The van der Waals surface area contributed by atoms with E-state index < -0.39 is 0 Å². The second-order valence-corrected chi connectivity index (χ2v) is 7.24. The van der Waals surface area contributed by atoms with E-state index in [9.17, 15) is 0 Å². The van der Waals surface area contributed by atoms with Crippen LogP contribution in [0.4, 0.5) is 5.69 Å². The van der Waals surface area contributed by atoms with Gasteiger partial charge in [-0.25, -0.2) is 0 Å². The van der Waals surface area contributed by atoms with Crippen LogP contribution in [-0.2, 0) is 6.54 Å². The maximum absolute atomic E-state index is 5.80. The van der Waals surface area contributed by atoms with Crippen LogP contribution in [0.5, 0.6) is 17.2 Å². The van der Waals surface area contributed by atoms with Crippen molar-refractivity contribution in [1.82, 2.24) is 0 Å². The van der Waals surface area contributed by atoms with Crippen LogP contribution in [0.15, 0.2) is 78.9 Å². The molecule has 0 radical (unpaired) electrons. The molecule has 0 unspecified atom stereocenters. The largest absolute Gasteiger partial charge is 0.493 e. The summed E-state index contributed by atoms with van der Waals surface area (Å²) < 4.78 is 17.2. The van der Waals surface area contributed by atoms with Gasteiger partial charge in [-0.2, -0.15) is 0 Å². The summed E-state index contributed by atoms with van der Waals surface area (Å²) in [7, 11) is 0. The lowest BCUT2D eigenvalue weighted by molar-refractivity contribution is 0.217. The smallest absolute Gasteiger partial charge is 0.122 e. The Morgan fingerprint density at radius 3 is 2.07 bits per heavy atom. The molecular weight excluding hydrogens is 362 g/mol. The highest BCUT2D eigenvalue weighted by molar-refractivity contribution is 5.48. The van der Waals surface area contributed by atoms with Gasteiger partial charge in [0.05, 0.1) is 6.61 Å². The minimum absolute atomic E-state index is 0.496. The van der Waals surface area contributed by atoms with Gasteiger partial charge < -0.3 is 19.5 Å². The van der Waals surface area contributed by atoms with Gasteiger partial charge in [0.2, 0.25) is 0 Å². The van der Waals surface area contributed by atoms with Crippen molar-refractivity contribution < 1.29 is 14.2 Å². The summed E-state index contributed by atoms with van der Waals surface area (Å²) in [4.78, 5) is 0. The third kappa shape index (κ3) is 7.41. The van der Waals surface area contributed by atoms with E-state index in [0.717, 1.165) is 36.1 Å². The quantitative estimate of drug-likeness (QED) is 0.420. The molecule has 3 aromatic carbocycles. The van der Waals surface area contributed by atoms with E-state index >= 15 is 0 Å². The Morgan fingerprint density at radius 1 is 0.690 bits per heavy atom. The monoisotopic (exact) mass is 391 g/mol. The molecule has 0 atom stereocenters. The summed E-state index contributed by atoms with van der Waals surface area (Å²) in [5, 5.41) is 3.44. The van der Waals surface area contributed by atoms with Crippen LogP contribution in [0, 0.1) is 5.92 Å². The van der Waals surface area contributed by atoms with Crippen LogP contribution >= 0.6 is 0 Å². The second kappa shape index (κ2) is 11.0. The van der Waals surface area contributed by atoms with Gasteiger partial charge >= 0.3 is 0 Å². The van der Waals surface area contributed by atoms with Crippen molar-refractivity contribution in [2.24, 2.45) is 5.92 Å². The normalized spacial score (nSPS) is 10.6. The first-order chi connectivity index (χ1) is 14.2. The zero-order valence-electron chi connectivity index (χ0n) is 17.1. The third-order valence-electron chi connectivity index (χ3n) is 4.20. The standard InChI is InChI=1S/C25H29NO3/c1-20(2)19-29-24-13-11-21(12-14-24)18-26-22-7-6-10-25(17-22)28-16-15-27-23-8-4-3-5-9-23/h3-14,17,20,26H,15-16,18-19H2,1-2H3. The van der Waals surface area contributed by atoms with Crippen molar-refractivity contribution in [3.05, 3.63) is 84.4 Å². The molecule has 0 aliphatic carbocycles. The van der Waals surface area contributed by atoms with Crippen LogP contribution in [0.1, 0.15) is 19.4 Å². The number of benzene rings is 3. The molecule has 29 heavy (non-hydrogen) atoms. The van der Waals surface area contributed by atoms with Gasteiger partial charge in [-0.1, -0.05) is 50.2 Å². The minimum Gasteiger partial charge on any atom is -0.493 e. The van der Waals surface area contributed by atoms with Gasteiger partial charge in [0, 0.05) is 18.3 Å². The van der Waals surface area contributed by atoms with E-state index in [2.05, 4.69) is 31.3 Å². The maximum Gasteiger partial charge on any atom is 0.122 e. The number of hydrogen-bond acceptors (Lipinski definition) is 4. The summed E-state index contributed by atoms with van der Waals surface area (Å²) in [5.74, 6) is 3.11. The fraction of sp³-hybridized carbons (Fsp3) is 0.280. The van der Waals surface area contributed by atoms with Crippen LogP contribution in [0.3, 0.4) is 0 Å². The molecule has 0 amide bonds. The predicted octanol–water partition coefficient (Wildman–Crippen LogP) is 5.79. The Labute approximate surface area is 173 Å². The number of nitrogens with one attached hydrogen (secondary N) is 1. The molecule has 0 saturated carbocycles. The third-order valence-corrected chi connectivity index (χ3v) is 4.20. The van der Waals surface area contributed by atoms with Gasteiger partial charge in [-0.15, -0.1) is 0 Å². The van der Waals surface area contributed by atoms with Crippen molar-refractivity contribution in [3.63, 3.8) is 0 Å². The average molecular weight is 392 g/mol. The lowest BCUT2D eigenvalue weighted by Gasteiger charge is -2.12. The highest BCUT2D eigenvalue weighted by Gasteiger charge is 2.01. The Hall–Kier alpha value is -3.14. The lowest BCUT2D eigenvalue weighted by atomic mass is 10.2. The lowest BCUT2D eigenvalue weighted by Crippen LogP contribution is -2.09. The maximum atomic E-state index is 5.80. The summed E-state index contributed by atoms with van der Waals surface area (Å²) in [6, 6.07) is 25.9. The summed E-state index contributed by atoms with van der Waals surface area (Å²) in [6.07, 6.45) is 0. The van der Waals surface area contributed by atoms with Gasteiger partial charge in [0.15, 0.2) is 0 Å². The van der Waals surface area contributed by atoms with Crippen molar-refractivity contribution in [2.75, 3.05) is 25.1 Å². The Morgan fingerprint density at radius 2 is 1.34 bits per heavy atom. The number of anilines is 1. The Bertz CT molecular complexity index is 847. The molecule has 3 aromatic rings. The van der Waals surface area contributed by atoms with Gasteiger partial charge in [-0.05, 0) is 47.9 Å². The zero-order chi connectivity index (χ0) is 20.3. The molecule has 0 bridgehead atoms. The molecule has 0 saturated heterocycles. The molecule has 0 heterocycles. The highest BCUT2D eigenvalue weighted by atomic mass is 16.5. The van der Waals surface area contributed by atoms with E-state index in [-0.39, 0.29) is 0 Å². The van der Waals surface area contributed by atoms with Crippen molar-refractivity contribution in [2.45, 2.75) is 20.4 Å². The SMILES string of the molecule is CC(C)COc1ccc(CNc2cccc(OCCOc3ccccc3)c2)cc1. The van der Waals surface area contributed by atoms with E-state index in [1.165, 1.54) is 5.56 Å². The molecule has 0 aliphatic heterocycles. The first-order valence-electron chi connectivity index (χ1n) is 10.1. The zero-order valence-corrected chi connectivity index (χ0v) is 17.1. The predicted molar refractivity (Wildman–Crippen MR) is 118 cm³/mol. The number of rotatable bonds is 11. The molecule has 0 fully saturated rings. The van der Waals surface area contributed by atoms with Gasteiger partial charge in [0.1, 0.15) is 30.5 Å². The average Bonchev–Trinajstić information content (AvgIpc) is 2.75. The highest BCUT2D eigenvalue weighted by Crippen LogP contribution is 2.19. The number of ether oxygens (including phenoxy) is 3. The fourth-order valence-corrected chi connectivity index (χ4v) is 2.70. The molecule has 4 heteroatoms. The first-order valence-corrected chi connectivity index (χ1v) is 10.1. The van der Waals surface area contributed by atoms with Crippen molar-refractivity contribution in [3.8, 4) is 17.2 Å². The summed E-state index contributed by atoms with van der Waals surface area (Å²) >= 11 is 0. The van der Waals surface area contributed by atoms with Gasteiger partial charge in [-0.3, -0.25) is 0 Å². The molecule has 4 nitrogen and oxygen atoms in total. The number of hydrogen-bond donors (Lipinski definition) is 1. The van der Waals surface area contributed by atoms with E-state index in [1.807, 2.05) is 66.7 Å². The van der Waals surface area contributed by atoms with E-state index in [0.29, 0.717) is 19.1 Å². The van der Waals surface area contributed by atoms with Crippen LogP contribution in [0.25, 0.3) is 0 Å². The molecule has 0 aromatic heterocycles. The summed E-state index contributed by atoms with van der Waals surface area (Å²) in [5.41, 5.74) is 2.22. The van der Waals surface area contributed by atoms with Crippen LogP contribution in [-0.4, -0.2) is 19.8 Å². The fourth-order valence-electron chi connectivity index (χ4n) is 2.70. The molecule has 0 aliphatic rings. The van der Waals surface area contributed by atoms with Crippen molar-refractivity contribution >= 4 is 5.69 Å². The Balaban J connectivity index is 1.42. The Kier molecular flexibility index (Phi) is 7.81.